The number of hydrogen-bond acceptors (Lipinski definition) is 2. The number of para-hydroxylation sites is 1. The number of benzene rings is 1. The minimum absolute atomic E-state index is 0.876. The third-order valence-corrected chi connectivity index (χ3v) is 4.03. The first-order valence-electron chi connectivity index (χ1n) is 6.31. The van der Waals surface area contributed by atoms with E-state index in [9.17, 15) is 0 Å². The van der Waals surface area contributed by atoms with Gasteiger partial charge in [0.05, 0.1) is 16.9 Å². The van der Waals surface area contributed by atoms with Crippen LogP contribution in [0.1, 0.15) is 0 Å². The number of nitrogens with one attached hydrogen (secondary N) is 1. The molecule has 1 aromatic carbocycles. The molecule has 0 amide bonds. The molecular formula is C16H10BrN3. The number of aromatic amines is 1. The molecule has 4 aromatic rings. The zero-order chi connectivity index (χ0) is 13.5. The van der Waals surface area contributed by atoms with Gasteiger partial charge >= 0.3 is 0 Å². The molecule has 0 saturated heterocycles. The van der Waals surface area contributed by atoms with Crippen LogP contribution in [0.25, 0.3) is 33.3 Å². The number of H-pyrrole nitrogens is 1. The second-order valence-corrected chi connectivity index (χ2v) is 5.45. The third-order valence-electron chi connectivity index (χ3n) is 3.37. The SMILES string of the molecule is Brc1cccc2c1[nH]c1nc(-c3ccccn3)ccc12. The molecule has 0 spiro atoms. The smallest absolute Gasteiger partial charge is 0.139 e. The van der Waals surface area contributed by atoms with Crippen molar-refractivity contribution in [3.8, 4) is 11.4 Å². The van der Waals surface area contributed by atoms with Crippen molar-refractivity contribution in [3.05, 3.63) is 59.2 Å². The van der Waals surface area contributed by atoms with Crippen molar-refractivity contribution in [1.29, 1.82) is 0 Å². The molecule has 0 radical (unpaired) electrons. The summed E-state index contributed by atoms with van der Waals surface area (Å²) in [4.78, 5) is 12.4. The van der Waals surface area contributed by atoms with Gasteiger partial charge in [0.25, 0.3) is 0 Å². The highest BCUT2D eigenvalue weighted by molar-refractivity contribution is 9.10. The normalized spacial score (nSPS) is 11.2. The molecule has 0 unspecified atom stereocenters. The summed E-state index contributed by atoms with van der Waals surface area (Å²) in [5.41, 5.74) is 3.72. The monoisotopic (exact) mass is 323 g/mol. The minimum Gasteiger partial charge on any atom is -0.338 e. The van der Waals surface area contributed by atoms with E-state index in [0.717, 1.165) is 32.4 Å². The maximum absolute atomic E-state index is 4.68. The van der Waals surface area contributed by atoms with Crippen LogP contribution in [0.3, 0.4) is 0 Å². The lowest BCUT2D eigenvalue weighted by molar-refractivity contribution is 1.26. The van der Waals surface area contributed by atoms with Gasteiger partial charge in [0.2, 0.25) is 0 Å². The summed E-state index contributed by atoms with van der Waals surface area (Å²) >= 11 is 3.57. The largest absolute Gasteiger partial charge is 0.338 e. The summed E-state index contributed by atoms with van der Waals surface area (Å²) in [7, 11) is 0. The Hall–Kier alpha value is -2.20. The molecule has 3 nitrogen and oxygen atoms in total. The molecule has 0 saturated carbocycles. The molecule has 96 valence electrons. The zero-order valence-electron chi connectivity index (χ0n) is 10.5. The fourth-order valence-electron chi connectivity index (χ4n) is 2.42. The Labute approximate surface area is 123 Å². The van der Waals surface area contributed by atoms with Crippen LogP contribution in [-0.4, -0.2) is 15.0 Å². The molecule has 1 N–H and O–H groups in total. The number of pyridine rings is 2. The standard InChI is InChI=1S/C16H10BrN3/c17-12-5-3-4-10-11-7-8-14(13-6-1-2-9-18-13)19-16(11)20-15(10)12/h1-9H,(H,19,20). The lowest BCUT2D eigenvalue weighted by Crippen LogP contribution is -1.86. The van der Waals surface area contributed by atoms with E-state index in [4.69, 9.17) is 0 Å². The second kappa shape index (κ2) is 4.42. The van der Waals surface area contributed by atoms with Crippen molar-refractivity contribution in [2.45, 2.75) is 0 Å². The van der Waals surface area contributed by atoms with E-state index in [1.54, 1.807) is 6.20 Å². The first kappa shape index (κ1) is 11.6. The predicted octanol–water partition coefficient (Wildman–Crippen LogP) is 4.54. The van der Waals surface area contributed by atoms with Crippen LogP contribution in [0.2, 0.25) is 0 Å². The van der Waals surface area contributed by atoms with Gasteiger partial charge in [0, 0.05) is 21.4 Å². The third kappa shape index (κ3) is 1.72. The van der Waals surface area contributed by atoms with Crippen molar-refractivity contribution >= 4 is 37.9 Å². The Morgan fingerprint density at radius 2 is 1.80 bits per heavy atom. The predicted molar refractivity (Wildman–Crippen MR) is 84.5 cm³/mol. The average Bonchev–Trinajstić information content (AvgIpc) is 2.87. The minimum atomic E-state index is 0.876. The first-order chi connectivity index (χ1) is 9.83. The Bertz CT molecular complexity index is 913. The summed E-state index contributed by atoms with van der Waals surface area (Å²) in [5.74, 6) is 0. The van der Waals surface area contributed by atoms with E-state index in [0.29, 0.717) is 0 Å². The van der Waals surface area contributed by atoms with Crippen molar-refractivity contribution in [2.24, 2.45) is 0 Å². The van der Waals surface area contributed by atoms with Gasteiger partial charge in [-0.05, 0) is 46.3 Å². The molecule has 0 bridgehead atoms. The van der Waals surface area contributed by atoms with Crippen LogP contribution in [0.5, 0.6) is 0 Å². The van der Waals surface area contributed by atoms with E-state index in [1.165, 1.54) is 5.39 Å². The molecule has 20 heavy (non-hydrogen) atoms. The average molecular weight is 324 g/mol. The van der Waals surface area contributed by atoms with E-state index in [2.05, 4.69) is 43.0 Å². The van der Waals surface area contributed by atoms with Gasteiger partial charge in [-0.15, -0.1) is 0 Å². The van der Waals surface area contributed by atoms with Crippen LogP contribution in [-0.2, 0) is 0 Å². The highest BCUT2D eigenvalue weighted by Gasteiger charge is 2.09. The second-order valence-electron chi connectivity index (χ2n) is 4.60. The van der Waals surface area contributed by atoms with E-state index >= 15 is 0 Å². The van der Waals surface area contributed by atoms with Gasteiger partial charge < -0.3 is 4.98 Å². The van der Waals surface area contributed by atoms with Crippen molar-refractivity contribution in [2.75, 3.05) is 0 Å². The number of aromatic nitrogens is 3. The lowest BCUT2D eigenvalue weighted by atomic mass is 10.1. The number of hydrogen-bond donors (Lipinski definition) is 1. The summed E-state index contributed by atoms with van der Waals surface area (Å²) in [6.45, 7) is 0. The number of halogens is 1. The Morgan fingerprint density at radius 1 is 0.850 bits per heavy atom. The van der Waals surface area contributed by atoms with Crippen molar-refractivity contribution in [1.82, 2.24) is 15.0 Å². The topological polar surface area (TPSA) is 41.6 Å². The lowest BCUT2D eigenvalue weighted by Gasteiger charge is -1.99. The van der Waals surface area contributed by atoms with E-state index in [1.807, 2.05) is 36.4 Å². The van der Waals surface area contributed by atoms with Gasteiger partial charge in [-0.3, -0.25) is 4.98 Å². The van der Waals surface area contributed by atoms with E-state index in [-0.39, 0.29) is 0 Å². The highest BCUT2D eigenvalue weighted by atomic mass is 79.9. The fraction of sp³-hybridized carbons (Fsp3) is 0. The molecule has 3 aromatic heterocycles. The molecule has 0 aliphatic rings. The molecule has 0 aliphatic heterocycles. The maximum atomic E-state index is 4.68. The van der Waals surface area contributed by atoms with Crippen LogP contribution in [0.4, 0.5) is 0 Å². The fourth-order valence-corrected chi connectivity index (χ4v) is 2.89. The van der Waals surface area contributed by atoms with Gasteiger partial charge in [-0.1, -0.05) is 18.2 Å². The van der Waals surface area contributed by atoms with Crippen molar-refractivity contribution < 1.29 is 0 Å². The molecule has 0 atom stereocenters. The number of rotatable bonds is 1. The van der Waals surface area contributed by atoms with Crippen LogP contribution >= 0.6 is 15.9 Å². The van der Waals surface area contributed by atoms with Gasteiger partial charge in [-0.2, -0.15) is 0 Å². The molecule has 4 rings (SSSR count). The summed E-state index contributed by atoms with van der Waals surface area (Å²) in [6.07, 6.45) is 1.78. The summed E-state index contributed by atoms with van der Waals surface area (Å²) in [6, 6.07) is 16.1. The Balaban J connectivity index is 2.01. The van der Waals surface area contributed by atoms with Crippen LogP contribution in [0.15, 0.2) is 59.2 Å². The van der Waals surface area contributed by atoms with Gasteiger partial charge in [0.15, 0.2) is 0 Å². The number of nitrogens with zero attached hydrogens (tertiary/aromatic N) is 2. The Morgan fingerprint density at radius 3 is 2.65 bits per heavy atom. The van der Waals surface area contributed by atoms with Gasteiger partial charge in [-0.25, -0.2) is 4.98 Å². The maximum Gasteiger partial charge on any atom is 0.139 e. The molecule has 3 heterocycles. The quantitative estimate of drug-likeness (QED) is 0.558. The molecule has 4 heteroatoms. The zero-order valence-corrected chi connectivity index (χ0v) is 12.1. The van der Waals surface area contributed by atoms with E-state index < -0.39 is 0 Å². The number of fused-ring (bicyclic) bond motifs is 3. The summed E-state index contributed by atoms with van der Waals surface area (Å²) < 4.78 is 1.05. The van der Waals surface area contributed by atoms with Crippen LogP contribution in [0, 0.1) is 0 Å². The highest BCUT2D eigenvalue weighted by Crippen LogP contribution is 2.30. The van der Waals surface area contributed by atoms with Crippen molar-refractivity contribution in [3.63, 3.8) is 0 Å². The molecule has 0 fully saturated rings. The molecule has 0 aliphatic carbocycles. The Kier molecular flexibility index (Phi) is 2.57. The summed E-state index contributed by atoms with van der Waals surface area (Å²) in [5, 5.41) is 2.30. The van der Waals surface area contributed by atoms with Crippen LogP contribution < -0.4 is 0 Å². The first-order valence-corrected chi connectivity index (χ1v) is 7.10. The molecular weight excluding hydrogens is 314 g/mol. The van der Waals surface area contributed by atoms with Gasteiger partial charge in [0.1, 0.15) is 5.65 Å².